The van der Waals surface area contributed by atoms with E-state index in [0.717, 1.165) is 23.4 Å². The van der Waals surface area contributed by atoms with Crippen LogP contribution in [0.5, 0.6) is 0 Å². The summed E-state index contributed by atoms with van der Waals surface area (Å²) in [5.41, 5.74) is 4.32. The van der Waals surface area contributed by atoms with E-state index in [-0.39, 0.29) is 5.92 Å². The van der Waals surface area contributed by atoms with Crippen LogP contribution in [-0.2, 0) is 0 Å². The Hall–Kier alpha value is -1.05. The van der Waals surface area contributed by atoms with Crippen LogP contribution in [0, 0.1) is 32.6 Å². The van der Waals surface area contributed by atoms with Crippen LogP contribution in [-0.4, -0.2) is 10.8 Å². The van der Waals surface area contributed by atoms with E-state index in [9.17, 15) is 4.79 Å². The number of aryl methyl sites for hydroxylation is 1. The number of rotatable bonds is 2. The molecule has 1 N–H and O–H groups in total. The van der Waals surface area contributed by atoms with Gasteiger partial charge in [0.05, 0.1) is 5.69 Å². The number of Topliss-reactive ketones (excluding diaryl/α,β-unsaturated/α-hetero) is 1. The number of nitrogens with one attached hydrogen (secondary N) is 1. The van der Waals surface area contributed by atoms with E-state index in [2.05, 4.69) is 18.8 Å². The molecule has 1 aliphatic carbocycles. The minimum absolute atomic E-state index is 0.283. The molecule has 2 unspecified atom stereocenters. The predicted octanol–water partition coefficient (Wildman–Crippen LogP) is 2.78. The molecule has 0 spiro atoms. The first kappa shape index (κ1) is 9.50. The Morgan fingerprint density at radius 2 is 1.86 bits per heavy atom. The van der Waals surface area contributed by atoms with Crippen LogP contribution in [0.25, 0.3) is 0 Å². The monoisotopic (exact) mass is 191 g/mol. The van der Waals surface area contributed by atoms with Gasteiger partial charge in [-0.3, -0.25) is 4.79 Å². The maximum Gasteiger partial charge on any atom is 0.182 e. The summed E-state index contributed by atoms with van der Waals surface area (Å²) < 4.78 is 0. The standard InChI is InChI=1S/C12H17NO/c1-6-5-10(6)12(14)11-8(3)7(2)9(4)13-11/h6,10,13H,5H2,1-4H3. The lowest BCUT2D eigenvalue weighted by molar-refractivity contribution is 0.0957. The fourth-order valence-electron chi connectivity index (χ4n) is 1.96. The molecule has 0 saturated heterocycles. The molecule has 0 bridgehead atoms. The van der Waals surface area contributed by atoms with Crippen LogP contribution in [0.2, 0.25) is 0 Å². The first-order valence-corrected chi connectivity index (χ1v) is 5.22. The van der Waals surface area contributed by atoms with Crippen molar-refractivity contribution < 1.29 is 4.79 Å². The van der Waals surface area contributed by atoms with E-state index in [1.807, 2.05) is 13.8 Å². The third-order valence-electron chi connectivity index (χ3n) is 3.51. The van der Waals surface area contributed by atoms with Crippen molar-refractivity contribution in [2.75, 3.05) is 0 Å². The molecule has 2 rings (SSSR count). The van der Waals surface area contributed by atoms with E-state index in [4.69, 9.17) is 0 Å². The van der Waals surface area contributed by atoms with Gasteiger partial charge >= 0.3 is 0 Å². The fourth-order valence-corrected chi connectivity index (χ4v) is 1.96. The SMILES string of the molecule is Cc1[nH]c(C(=O)C2CC2C)c(C)c1C. The number of carbonyl (C=O) groups excluding carboxylic acids is 1. The molecule has 1 aliphatic rings. The lowest BCUT2D eigenvalue weighted by Crippen LogP contribution is -2.05. The molecule has 1 heterocycles. The number of aromatic amines is 1. The van der Waals surface area contributed by atoms with Gasteiger partial charge in [-0.25, -0.2) is 0 Å². The molecule has 1 aromatic heterocycles. The highest BCUT2D eigenvalue weighted by Crippen LogP contribution is 2.40. The number of hydrogen-bond donors (Lipinski definition) is 1. The van der Waals surface area contributed by atoms with Crippen LogP contribution in [0.3, 0.4) is 0 Å². The van der Waals surface area contributed by atoms with Crippen LogP contribution in [0.15, 0.2) is 0 Å². The summed E-state index contributed by atoms with van der Waals surface area (Å²) in [6, 6.07) is 0. The molecule has 14 heavy (non-hydrogen) atoms. The first-order chi connectivity index (χ1) is 6.52. The molecule has 1 aromatic rings. The van der Waals surface area contributed by atoms with Crippen LogP contribution >= 0.6 is 0 Å². The number of hydrogen-bond acceptors (Lipinski definition) is 1. The summed E-state index contributed by atoms with van der Waals surface area (Å²) in [6.45, 7) is 8.25. The summed E-state index contributed by atoms with van der Waals surface area (Å²) in [7, 11) is 0. The number of aromatic nitrogens is 1. The molecule has 0 aliphatic heterocycles. The molecule has 2 nitrogen and oxygen atoms in total. The highest BCUT2D eigenvalue weighted by molar-refractivity contribution is 5.99. The summed E-state index contributed by atoms with van der Waals surface area (Å²) in [5, 5.41) is 0. The van der Waals surface area contributed by atoms with Gasteiger partial charge in [-0.15, -0.1) is 0 Å². The molecule has 1 saturated carbocycles. The van der Waals surface area contributed by atoms with Crippen LogP contribution < -0.4 is 0 Å². The Bertz CT molecular complexity index is 389. The second kappa shape index (κ2) is 2.97. The minimum Gasteiger partial charge on any atom is -0.356 e. The Labute approximate surface area is 84.7 Å². The molecule has 1 fully saturated rings. The molecular weight excluding hydrogens is 174 g/mol. The van der Waals surface area contributed by atoms with Gasteiger partial charge in [0.1, 0.15) is 0 Å². The maximum atomic E-state index is 12.0. The number of ketones is 1. The lowest BCUT2D eigenvalue weighted by Gasteiger charge is -1.97. The largest absolute Gasteiger partial charge is 0.356 e. The number of carbonyl (C=O) groups is 1. The van der Waals surface area contributed by atoms with Crippen molar-refractivity contribution in [2.24, 2.45) is 11.8 Å². The Morgan fingerprint density at radius 1 is 1.29 bits per heavy atom. The van der Waals surface area contributed by atoms with E-state index in [1.54, 1.807) is 0 Å². The summed E-state index contributed by atoms with van der Waals surface area (Å²) in [5.74, 6) is 1.18. The summed E-state index contributed by atoms with van der Waals surface area (Å²) >= 11 is 0. The fraction of sp³-hybridized carbons (Fsp3) is 0.583. The van der Waals surface area contributed by atoms with Crippen molar-refractivity contribution in [3.05, 3.63) is 22.5 Å². The zero-order chi connectivity index (χ0) is 10.5. The molecule has 2 heteroatoms. The van der Waals surface area contributed by atoms with E-state index in [1.165, 1.54) is 5.56 Å². The average Bonchev–Trinajstić information content (AvgIpc) is 2.82. The van der Waals surface area contributed by atoms with Crippen molar-refractivity contribution >= 4 is 5.78 Å². The van der Waals surface area contributed by atoms with Gasteiger partial charge in [-0.1, -0.05) is 6.92 Å². The zero-order valence-electron chi connectivity index (χ0n) is 9.27. The molecule has 2 atom stereocenters. The average molecular weight is 191 g/mol. The molecule has 0 aromatic carbocycles. The highest BCUT2D eigenvalue weighted by atomic mass is 16.1. The van der Waals surface area contributed by atoms with E-state index >= 15 is 0 Å². The zero-order valence-corrected chi connectivity index (χ0v) is 9.27. The van der Waals surface area contributed by atoms with Crippen LogP contribution in [0.1, 0.15) is 40.7 Å². The van der Waals surface area contributed by atoms with Crippen molar-refractivity contribution in [3.63, 3.8) is 0 Å². The van der Waals surface area contributed by atoms with Gasteiger partial charge < -0.3 is 4.98 Å². The quantitative estimate of drug-likeness (QED) is 0.716. The Balaban J connectivity index is 2.32. The third kappa shape index (κ3) is 1.29. The Morgan fingerprint density at radius 3 is 2.21 bits per heavy atom. The minimum atomic E-state index is 0.283. The van der Waals surface area contributed by atoms with Crippen molar-refractivity contribution in [3.8, 4) is 0 Å². The summed E-state index contributed by atoms with van der Waals surface area (Å²) in [6.07, 6.45) is 1.06. The molecule has 0 radical (unpaired) electrons. The topological polar surface area (TPSA) is 32.9 Å². The van der Waals surface area contributed by atoms with E-state index < -0.39 is 0 Å². The smallest absolute Gasteiger partial charge is 0.182 e. The first-order valence-electron chi connectivity index (χ1n) is 5.22. The third-order valence-corrected chi connectivity index (χ3v) is 3.51. The van der Waals surface area contributed by atoms with Crippen molar-refractivity contribution in [1.82, 2.24) is 4.98 Å². The van der Waals surface area contributed by atoms with E-state index in [0.29, 0.717) is 11.7 Å². The second-order valence-electron chi connectivity index (χ2n) is 4.56. The van der Waals surface area contributed by atoms with Crippen molar-refractivity contribution in [2.45, 2.75) is 34.1 Å². The summed E-state index contributed by atoms with van der Waals surface area (Å²) in [4.78, 5) is 15.2. The molecule has 76 valence electrons. The number of H-pyrrole nitrogens is 1. The maximum absolute atomic E-state index is 12.0. The van der Waals surface area contributed by atoms with Crippen molar-refractivity contribution in [1.29, 1.82) is 0 Å². The van der Waals surface area contributed by atoms with Gasteiger partial charge in [0.2, 0.25) is 0 Å². The van der Waals surface area contributed by atoms with Gasteiger partial charge in [-0.2, -0.15) is 0 Å². The highest BCUT2D eigenvalue weighted by Gasteiger charge is 2.40. The van der Waals surface area contributed by atoms with Gasteiger partial charge in [0.25, 0.3) is 0 Å². The molecular formula is C12H17NO. The molecule has 0 amide bonds. The van der Waals surface area contributed by atoms with Gasteiger partial charge in [0, 0.05) is 11.6 Å². The van der Waals surface area contributed by atoms with Crippen LogP contribution in [0.4, 0.5) is 0 Å². The van der Waals surface area contributed by atoms with Gasteiger partial charge in [0.15, 0.2) is 5.78 Å². The Kier molecular flexibility index (Phi) is 2.02. The second-order valence-corrected chi connectivity index (χ2v) is 4.56. The lowest BCUT2D eigenvalue weighted by atomic mass is 10.1. The van der Waals surface area contributed by atoms with Gasteiger partial charge in [-0.05, 0) is 44.2 Å². The predicted molar refractivity (Wildman–Crippen MR) is 56.6 cm³/mol. The normalized spacial score (nSPS) is 25.1.